The zero-order valence-electron chi connectivity index (χ0n) is 15.0. The molecule has 1 rings (SSSR count). The minimum absolute atomic E-state index is 0.0983. The number of carbonyl (C=O) groups excluding carboxylic acids is 2. The van der Waals surface area contributed by atoms with Crippen LogP contribution in [-0.2, 0) is 9.59 Å². The summed E-state index contributed by atoms with van der Waals surface area (Å²) in [5, 5.41) is 6.34. The lowest BCUT2D eigenvalue weighted by Crippen LogP contribution is -2.40. The number of hydrogen-bond acceptors (Lipinski definition) is 3. The van der Waals surface area contributed by atoms with E-state index in [1.54, 1.807) is 6.92 Å². The summed E-state index contributed by atoms with van der Waals surface area (Å²) in [5.74, 6) is 1.33. The highest BCUT2D eigenvalue weighted by Gasteiger charge is 2.29. The molecule has 1 fully saturated rings. The van der Waals surface area contributed by atoms with Gasteiger partial charge in [0, 0.05) is 18.4 Å². The summed E-state index contributed by atoms with van der Waals surface area (Å²) in [6, 6.07) is 0. The fourth-order valence-corrected chi connectivity index (χ4v) is 3.67. The van der Waals surface area contributed by atoms with Crippen LogP contribution in [0.3, 0.4) is 0 Å². The first-order valence-corrected chi connectivity index (χ1v) is 8.68. The Morgan fingerprint density at radius 2 is 1.68 bits per heavy atom. The van der Waals surface area contributed by atoms with E-state index in [2.05, 4.69) is 31.4 Å². The number of Topliss-reactive ketones (excluding diaryl/α,β-unsaturated/α-hetero) is 1. The van der Waals surface area contributed by atoms with Gasteiger partial charge in [-0.2, -0.15) is 0 Å². The molecule has 128 valence electrons. The quantitative estimate of drug-likeness (QED) is 0.725. The molecule has 1 atom stereocenters. The predicted molar refractivity (Wildman–Crippen MR) is 90.6 cm³/mol. The average Bonchev–Trinajstić information content (AvgIpc) is 2.44. The van der Waals surface area contributed by atoms with Gasteiger partial charge in [0.15, 0.2) is 0 Å². The molecule has 1 saturated carbocycles. The van der Waals surface area contributed by atoms with Crippen molar-refractivity contribution >= 4 is 11.7 Å². The number of hydrogen-bond donors (Lipinski definition) is 2. The minimum Gasteiger partial charge on any atom is -0.355 e. The van der Waals surface area contributed by atoms with Gasteiger partial charge >= 0.3 is 0 Å². The maximum Gasteiger partial charge on any atom is 0.223 e. The highest BCUT2D eigenvalue weighted by Crippen LogP contribution is 2.30. The Morgan fingerprint density at radius 3 is 2.18 bits per heavy atom. The van der Waals surface area contributed by atoms with Crippen LogP contribution in [0.5, 0.6) is 0 Å². The van der Waals surface area contributed by atoms with Crippen LogP contribution < -0.4 is 10.6 Å². The van der Waals surface area contributed by atoms with E-state index in [0.29, 0.717) is 5.92 Å². The second kappa shape index (κ2) is 8.66. The molecule has 0 aromatic rings. The summed E-state index contributed by atoms with van der Waals surface area (Å²) in [5.41, 5.74) is 0.114. The molecule has 0 aromatic heterocycles. The van der Waals surface area contributed by atoms with Crippen LogP contribution >= 0.6 is 0 Å². The first kappa shape index (κ1) is 19.1. The van der Waals surface area contributed by atoms with E-state index in [1.165, 1.54) is 0 Å². The molecule has 0 bridgehead atoms. The van der Waals surface area contributed by atoms with E-state index in [4.69, 9.17) is 0 Å². The molecule has 0 radical (unpaired) electrons. The molecule has 22 heavy (non-hydrogen) atoms. The number of nitrogens with one attached hydrogen (secondary N) is 2. The lowest BCUT2D eigenvalue weighted by molar-refractivity contribution is -0.129. The van der Waals surface area contributed by atoms with Gasteiger partial charge in [0.1, 0.15) is 5.78 Å². The van der Waals surface area contributed by atoms with Crippen LogP contribution in [0.2, 0.25) is 0 Å². The normalized spacial score (nSPS) is 23.9. The van der Waals surface area contributed by atoms with Gasteiger partial charge in [-0.15, -0.1) is 0 Å². The van der Waals surface area contributed by atoms with Crippen molar-refractivity contribution in [3.05, 3.63) is 0 Å². The molecule has 1 unspecified atom stereocenters. The van der Waals surface area contributed by atoms with Crippen molar-refractivity contribution in [3.8, 4) is 0 Å². The van der Waals surface area contributed by atoms with Gasteiger partial charge in [-0.25, -0.2) is 0 Å². The van der Waals surface area contributed by atoms with Crippen molar-refractivity contribution in [3.63, 3.8) is 0 Å². The Balaban J connectivity index is 2.35. The van der Waals surface area contributed by atoms with Gasteiger partial charge in [-0.1, -0.05) is 20.8 Å². The van der Waals surface area contributed by atoms with Gasteiger partial charge in [0.2, 0.25) is 5.91 Å². The van der Waals surface area contributed by atoms with E-state index in [9.17, 15) is 9.59 Å². The second-order valence-electron chi connectivity index (χ2n) is 7.91. The van der Waals surface area contributed by atoms with E-state index in [0.717, 1.165) is 45.2 Å². The monoisotopic (exact) mass is 310 g/mol. The maximum atomic E-state index is 12.3. The van der Waals surface area contributed by atoms with Gasteiger partial charge in [0.05, 0.1) is 0 Å². The fraction of sp³-hybridized carbons (Fsp3) is 0.889. The van der Waals surface area contributed by atoms with E-state index >= 15 is 0 Å². The summed E-state index contributed by atoms with van der Waals surface area (Å²) in [4.78, 5) is 23.7. The third-order valence-corrected chi connectivity index (χ3v) is 4.87. The molecule has 0 aliphatic heterocycles. The van der Waals surface area contributed by atoms with Gasteiger partial charge < -0.3 is 10.6 Å². The summed E-state index contributed by atoms with van der Waals surface area (Å²) >= 11 is 0. The van der Waals surface area contributed by atoms with Crippen molar-refractivity contribution < 1.29 is 9.59 Å². The van der Waals surface area contributed by atoms with Crippen LogP contribution in [0.4, 0.5) is 0 Å². The van der Waals surface area contributed by atoms with Gasteiger partial charge in [-0.05, 0) is 64.0 Å². The molecule has 1 aliphatic carbocycles. The maximum absolute atomic E-state index is 12.3. The Labute approximate surface area is 135 Å². The minimum atomic E-state index is 0.0983. The standard InChI is InChI=1S/C18H34N2O2/c1-13(11-19-5)10-18(3,4)12-20-17(22)16-8-6-15(7-9-16)14(2)21/h13,15-16,19H,6-12H2,1-5H3,(H,20,22). The van der Waals surface area contributed by atoms with Crippen molar-refractivity contribution in [1.29, 1.82) is 0 Å². The highest BCUT2D eigenvalue weighted by molar-refractivity contribution is 5.81. The van der Waals surface area contributed by atoms with Crippen LogP contribution in [0.25, 0.3) is 0 Å². The first-order chi connectivity index (χ1) is 10.2. The molecule has 1 amide bonds. The third-order valence-electron chi connectivity index (χ3n) is 4.87. The van der Waals surface area contributed by atoms with Crippen molar-refractivity contribution in [1.82, 2.24) is 10.6 Å². The van der Waals surface area contributed by atoms with Crippen LogP contribution in [0, 0.1) is 23.2 Å². The molecule has 0 heterocycles. The first-order valence-electron chi connectivity index (χ1n) is 8.68. The molecule has 4 nitrogen and oxygen atoms in total. The molecular weight excluding hydrogens is 276 g/mol. The predicted octanol–water partition coefficient (Wildman–Crippen LogP) is 2.77. The molecule has 2 N–H and O–H groups in total. The SMILES string of the molecule is CNCC(C)CC(C)(C)CNC(=O)C1CCC(C(C)=O)CC1. The molecule has 1 aliphatic rings. The number of rotatable bonds is 8. The van der Waals surface area contributed by atoms with Gasteiger partial charge in [-0.3, -0.25) is 9.59 Å². The largest absolute Gasteiger partial charge is 0.355 e. The topological polar surface area (TPSA) is 58.2 Å². The fourth-order valence-electron chi connectivity index (χ4n) is 3.67. The van der Waals surface area contributed by atoms with E-state index < -0.39 is 0 Å². The Kier molecular flexibility index (Phi) is 7.54. The van der Waals surface area contributed by atoms with Crippen LogP contribution in [-0.4, -0.2) is 31.8 Å². The summed E-state index contributed by atoms with van der Waals surface area (Å²) in [6.45, 7) is 10.1. The molecular formula is C18H34N2O2. The Hall–Kier alpha value is -0.900. The zero-order valence-corrected chi connectivity index (χ0v) is 15.0. The smallest absolute Gasteiger partial charge is 0.223 e. The van der Waals surface area contributed by atoms with Crippen LogP contribution in [0.15, 0.2) is 0 Å². The van der Waals surface area contributed by atoms with E-state index in [1.807, 2.05) is 7.05 Å². The summed E-state index contributed by atoms with van der Waals surface area (Å²) in [6.07, 6.45) is 4.54. The lowest BCUT2D eigenvalue weighted by atomic mass is 9.79. The molecule has 0 spiro atoms. The van der Waals surface area contributed by atoms with Crippen molar-refractivity contribution in [2.24, 2.45) is 23.2 Å². The zero-order chi connectivity index (χ0) is 16.8. The van der Waals surface area contributed by atoms with E-state index in [-0.39, 0.29) is 28.9 Å². The Morgan fingerprint density at radius 1 is 1.14 bits per heavy atom. The summed E-state index contributed by atoms with van der Waals surface area (Å²) in [7, 11) is 1.97. The number of carbonyl (C=O) groups is 2. The second-order valence-corrected chi connectivity index (χ2v) is 7.91. The molecule has 0 saturated heterocycles. The van der Waals surface area contributed by atoms with Crippen LogP contribution in [0.1, 0.15) is 59.8 Å². The highest BCUT2D eigenvalue weighted by atomic mass is 16.2. The third kappa shape index (κ3) is 6.47. The summed E-state index contributed by atoms with van der Waals surface area (Å²) < 4.78 is 0. The molecule has 4 heteroatoms. The number of ketones is 1. The van der Waals surface area contributed by atoms with Gasteiger partial charge in [0.25, 0.3) is 0 Å². The van der Waals surface area contributed by atoms with Crippen molar-refractivity contribution in [2.45, 2.75) is 59.8 Å². The average molecular weight is 310 g/mol. The Bertz CT molecular complexity index is 371. The molecule has 0 aromatic carbocycles. The number of amides is 1. The lowest BCUT2D eigenvalue weighted by Gasteiger charge is -2.31. The van der Waals surface area contributed by atoms with Crippen molar-refractivity contribution in [2.75, 3.05) is 20.1 Å².